The third kappa shape index (κ3) is 3.18. The molecule has 120 valence electrons. The fraction of sp³-hybridized carbons (Fsp3) is 0.643. The highest BCUT2D eigenvalue weighted by Crippen LogP contribution is 2.33. The number of rotatable bonds is 5. The van der Waals surface area contributed by atoms with Crippen LogP contribution in [0.2, 0.25) is 0 Å². The van der Waals surface area contributed by atoms with Crippen molar-refractivity contribution in [3.05, 3.63) is 10.0 Å². The van der Waals surface area contributed by atoms with Crippen molar-refractivity contribution < 1.29 is 9.47 Å². The topological polar surface area (TPSA) is 88.1 Å². The van der Waals surface area contributed by atoms with E-state index >= 15 is 0 Å². The maximum Gasteiger partial charge on any atom is 0.164 e. The molecule has 2 heterocycles. The Kier molecular flexibility index (Phi) is 5.09. The third-order valence-electron chi connectivity index (χ3n) is 4.11. The summed E-state index contributed by atoms with van der Waals surface area (Å²) in [7, 11) is 1.69. The van der Waals surface area contributed by atoms with Gasteiger partial charge in [-0.1, -0.05) is 0 Å². The minimum Gasteiger partial charge on any atom is -0.383 e. The van der Waals surface area contributed by atoms with Gasteiger partial charge in [0.05, 0.1) is 30.7 Å². The minimum absolute atomic E-state index is 0.326. The van der Waals surface area contributed by atoms with E-state index in [1.807, 2.05) is 4.68 Å². The van der Waals surface area contributed by atoms with Crippen LogP contribution in [0.1, 0.15) is 31.7 Å². The van der Waals surface area contributed by atoms with Gasteiger partial charge < -0.3 is 15.2 Å². The summed E-state index contributed by atoms with van der Waals surface area (Å²) >= 11 is 2.20. The van der Waals surface area contributed by atoms with Crippen LogP contribution in [0, 0.1) is 3.70 Å². The van der Waals surface area contributed by atoms with Gasteiger partial charge in [0.15, 0.2) is 5.65 Å². The van der Waals surface area contributed by atoms with Crippen molar-refractivity contribution in [2.75, 3.05) is 26.1 Å². The standard InChI is InChI=1S/C14H20IN5O2/c1-21-6-7-22-10-4-2-9(3-5-10)20-14-11(12(15)19-20)13(16)17-8-18-14/h8-10H,2-7H2,1H3,(H2,16,17,18). The van der Waals surface area contributed by atoms with Gasteiger partial charge in [-0.05, 0) is 48.3 Å². The van der Waals surface area contributed by atoms with E-state index in [0.29, 0.717) is 31.2 Å². The predicted octanol–water partition coefficient (Wildman–Crippen LogP) is 2.16. The minimum atomic E-state index is 0.326. The van der Waals surface area contributed by atoms with Gasteiger partial charge >= 0.3 is 0 Å². The number of methoxy groups -OCH3 is 1. The second kappa shape index (κ2) is 7.05. The predicted molar refractivity (Wildman–Crippen MR) is 91.6 cm³/mol. The van der Waals surface area contributed by atoms with E-state index in [1.54, 1.807) is 7.11 Å². The number of fused-ring (bicyclic) bond motifs is 1. The maximum absolute atomic E-state index is 5.95. The number of anilines is 1. The summed E-state index contributed by atoms with van der Waals surface area (Å²) in [6, 6.07) is 0.350. The quantitative estimate of drug-likeness (QED) is 0.593. The normalized spacial score (nSPS) is 22.3. The second-order valence-corrected chi connectivity index (χ2v) is 6.51. The zero-order valence-electron chi connectivity index (χ0n) is 12.5. The molecule has 1 saturated carbocycles. The lowest BCUT2D eigenvalue weighted by atomic mass is 9.93. The third-order valence-corrected chi connectivity index (χ3v) is 4.86. The zero-order valence-corrected chi connectivity index (χ0v) is 14.7. The van der Waals surface area contributed by atoms with Gasteiger partial charge in [0.25, 0.3) is 0 Å². The number of aromatic nitrogens is 4. The Morgan fingerprint density at radius 2 is 2.05 bits per heavy atom. The molecule has 0 saturated heterocycles. The van der Waals surface area contributed by atoms with Crippen LogP contribution in [-0.2, 0) is 9.47 Å². The Labute approximate surface area is 142 Å². The molecule has 0 amide bonds. The summed E-state index contributed by atoms with van der Waals surface area (Å²) in [5, 5.41) is 5.50. The molecule has 0 spiro atoms. The fourth-order valence-corrected chi connectivity index (χ4v) is 3.71. The van der Waals surface area contributed by atoms with E-state index < -0.39 is 0 Å². The van der Waals surface area contributed by atoms with Crippen molar-refractivity contribution >= 4 is 39.4 Å². The molecule has 0 aliphatic heterocycles. The zero-order chi connectivity index (χ0) is 15.5. The van der Waals surface area contributed by atoms with E-state index in [2.05, 4.69) is 37.7 Å². The van der Waals surface area contributed by atoms with Gasteiger partial charge in [-0.15, -0.1) is 0 Å². The summed E-state index contributed by atoms with van der Waals surface area (Å²) in [5.41, 5.74) is 6.78. The van der Waals surface area contributed by atoms with Crippen molar-refractivity contribution in [2.45, 2.75) is 37.8 Å². The molecule has 2 N–H and O–H groups in total. The molecular formula is C14H20IN5O2. The molecule has 0 bridgehead atoms. The summed E-state index contributed by atoms with van der Waals surface area (Å²) in [5.74, 6) is 0.497. The lowest BCUT2D eigenvalue weighted by molar-refractivity contribution is -0.00695. The first-order chi connectivity index (χ1) is 10.7. The molecule has 1 aliphatic rings. The lowest BCUT2D eigenvalue weighted by Crippen LogP contribution is -2.25. The highest BCUT2D eigenvalue weighted by molar-refractivity contribution is 14.1. The largest absolute Gasteiger partial charge is 0.383 e. The number of nitrogen functional groups attached to an aromatic ring is 1. The van der Waals surface area contributed by atoms with Crippen LogP contribution in [0.15, 0.2) is 6.33 Å². The number of nitrogens with zero attached hydrogens (tertiary/aromatic N) is 4. The van der Waals surface area contributed by atoms with Gasteiger partial charge in [0, 0.05) is 7.11 Å². The second-order valence-electron chi connectivity index (χ2n) is 5.49. The van der Waals surface area contributed by atoms with Gasteiger partial charge in [0.2, 0.25) is 0 Å². The number of hydrogen-bond donors (Lipinski definition) is 1. The number of nitrogens with two attached hydrogens (primary N) is 1. The summed E-state index contributed by atoms with van der Waals surface area (Å²) in [4.78, 5) is 8.43. The van der Waals surface area contributed by atoms with Gasteiger partial charge in [-0.3, -0.25) is 0 Å². The first-order valence-electron chi connectivity index (χ1n) is 7.45. The summed E-state index contributed by atoms with van der Waals surface area (Å²) in [6.07, 6.45) is 5.97. The molecule has 1 aliphatic carbocycles. The SMILES string of the molecule is COCCOC1CCC(n2nc(I)c3c(N)ncnc32)CC1. The molecule has 22 heavy (non-hydrogen) atoms. The van der Waals surface area contributed by atoms with Crippen LogP contribution in [0.4, 0.5) is 5.82 Å². The van der Waals surface area contributed by atoms with Crippen LogP contribution in [-0.4, -0.2) is 46.2 Å². The maximum atomic E-state index is 5.95. The average Bonchev–Trinajstić information content (AvgIpc) is 2.87. The van der Waals surface area contributed by atoms with Gasteiger partial charge in [0.1, 0.15) is 15.8 Å². The van der Waals surface area contributed by atoms with Crippen LogP contribution in [0.5, 0.6) is 0 Å². The highest BCUT2D eigenvalue weighted by Gasteiger charge is 2.26. The molecule has 0 unspecified atom stereocenters. The Balaban J connectivity index is 1.70. The van der Waals surface area contributed by atoms with E-state index in [4.69, 9.17) is 15.2 Å². The van der Waals surface area contributed by atoms with Crippen molar-refractivity contribution in [2.24, 2.45) is 0 Å². The Morgan fingerprint density at radius 3 is 2.77 bits per heavy atom. The van der Waals surface area contributed by atoms with Crippen molar-refractivity contribution in [1.29, 1.82) is 0 Å². The number of halogens is 1. The molecule has 0 atom stereocenters. The fourth-order valence-electron chi connectivity index (χ4n) is 2.96. The van der Waals surface area contributed by atoms with E-state index in [-0.39, 0.29) is 0 Å². The van der Waals surface area contributed by atoms with Crippen molar-refractivity contribution in [3.8, 4) is 0 Å². The highest BCUT2D eigenvalue weighted by atomic mass is 127. The Bertz CT molecular complexity index is 639. The van der Waals surface area contributed by atoms with Gasteiger partial charge in [-0.25, -0.2) is 14.6 Å². The molecule has 1 fully saturated rings. The molecule has 3 rings (SSSR count). The Hall–Kier alpha value is -1.00. The first-order valence-corrected chi connectivity index (χ1v) is 8.53. The molecule has 2 aromatic rings. The van der Waals surface area contributed by atoms with Crippen LogP contribution < -0.4 is 5.73 Å². The molecule has 0 aromatic carbocycles. The smallest absolute Gasteiger partial charge is 0.164 e. The van der Waals surface area contributed by atoms with Crippen LogP contribution in [0.3, 0.4) is 0 Å². The van der Waals surface area contributed by atoms with Crippen molar-refractivity contribution in [1.82, 2.24) is 19.7 Å². The van der Waals surface area contributed by atoms with Crippen LogP contribution in [0.25, 0.3) is 11.0 Å². The van der Waals surface area contributed by atoms with Crippen LogP contribution >= 0.6 is 22.6 Å². The van der Waals surface area contributed by atoms with Crippen molar-refractivity contribution in [3.63, 3.8) is 0 Å². The first kappa shape index (κ1) is 15.9. The molecular weight excluding hydrogens is 397 g/mol. The average molecular weight is 417 g/mol. The Morgan fingerprint density at radius 1 is 1.27 bits per heavy atom. The molecule has 0 radical (unpaired) electrons. The molecule has 7 nitrogen and oxygen atoms in total. The molecule has 8 heteroatoms. The monoisotopic (exact) mass is 417 g/mol. The van der Waals surface area contributed by atoms with E-state index in [0.717, 1.165) is 40.4 Å². The number of hydrogen-bond acceptors (Lipinski definition) is 6. The summed E-state index contributed by atoms with van der Waals surface area (Å²) < 4.78 is 13.7. The lowest BCUT2D eigenvalue weighted by Gasteiger charge is -2.28. The van der Waals surface area contributed by atoms with E-state index in [1.165, 1.54) is 6.33 Å². The summed E-state index contributed by atoms with van der Waals surface area (Å²) in [6.45, 7) is 1.32. The number of ether oxygens (including phenoxy) is 2. The molecule has 2 aromatic heterocycles. The van der Waals surface area contributed by atoms with E-state index in [9.17, 15) is 0 Å². The van der Waals surface area contributed by atoms with Gasteiger partial charge in [-0.2, -0.15) is 5.10 Å².